The topological polar surface area (TPSA) is 39.7 Å². The van der Waals surface area contributed by atoms with Crippen LogP contribution in [-0.4, -0.2) is 27.9 Å². The van der Waals surface area contributed by atoms with Crippen LogP contribution in [0.2, 0.25) is 4.73 Å². The zero-order valence-electron chi connectivity index (χ0n) is 10.2. The van der Waals surface area contributed by atoms with Gasteiger partial charge in [-0.2, -0.15) is 0 Å². The van der Waals surface area contributed by atoms with Crippen molar-refractivity contribution in [2.45, 2.75) is 25.5 Å². The van der Waals surface area contributed by atoms with Gasteiger partial charge in [0.15, 0.2) is 0 Å². The third-order valence-corrected chi connectivity index (χ3v) is 10.4. The second kappa shape index (κ2) is 5.59. The quantitative estimate of drug-likeness (QED) is 0.693. The SMILES string of the molecule is CC[NH][Ti]([CH2]C(C)C)([O]C)([O]C)[O]C. The van der Waals surface area contributed by atoms with Gasteiger partial charge < -0.3 is 0 Å². The molecule has 0 saturated heterocycles. The van der Waals surface area contributed by atoms with E-state index in [2.05, 4.69) is 17.6 Å². The van der Waals surface area contributed by atoms with Crippen LogP contribution < -0.4 is 3.80 Å². The molecule has 4 nitrogen and oxygen atoms in total. The fraction of sp³-hybridized carbons (Fsp3) is 1.00. The van der Waals surface area contributed by atoms with E-state index in [1.54, 1.807) is 21.3 Å². The van der Waals surface area contributed by atoms with Crippen molar-refractivity contribution in [3.63, 3.8) is 0 Å². The predicted octanol–water partition coefficient (Wildman–Crippen LogP) is 1.96. The number of hydrogen-bond acceptors (Lipinski definition) is 4. The summed E-state index contributed by atoms with van der Waals surface area (Å²) < 4.78 is 21.0. The minimum atomic E-state index is -3.78. The fourth-order valence-electron chi connectivity index (χ4n) is 1.83. The molecule has 1 N–H and O–H groups in total. The standard InChI is InChI=1S/C4H9.C2H6N.3CH3O.Ti/c1-4(2)3;1-2-3;3*1-2;/h4H,1H2,2-3H3;3H,2H2,1H3;3*1H3;/q;4*-1;+4. The van der Waals surface area contributed by atoms with Gasteiger partial charge in [0.05, 0.1) is 0 Å². The molecule has 0 spiro atoms. The molecular formula is C9H24NO3Ti. The molecule has 0 rings (SSSR count). The van der Waals surface area contributed by atoms with Crippen molar-refractivity contribution in [1.82, 2.24) is 3.80 Å². The van der Waals surface area contributed by atoms with Crippen molar-refractivity contribution < 1.29 is 26.7 Å². The Morgan fingerprint density at radius 2 is 1.50 bits per heavy atom. The van der Waals surface area contributed by atoms with Gasteiger partial charge in [-0.1, -0.05) is 0 Å². The molecule has 87 valence electrons. The van der Waals surface area contributed by atoms with Crippen LogP contribution in [0.25, 0.3) is 0 Å². The molecule has 5 heteroatoms. The van der Waals surface area contributed by atoms with E-state index in [9.17, 15) is 0 Å². The van der Waals surface area contributed by atoms with Gasteiger partial charge in [-0.25, -0.2) is 0 Å². The molecule has 0 unspecified atom stereocenters. The van der Waals surface area contributed by atoms with Crippen molar-refractivity contribution in [3.8, 4) is 0 Å². The molecule has 14 heavy (non-hydrogen) atoms. The minimum absolute atomic E-state index is 0.478. The Balaban J connectivity index is 4.91. The van der Waals surface area contributed by atoms with E-state index in [0.717, 1.165) is 11.3 Å². The second-order valence-electron chi connectivity index (χ2n) is 3.91. The molecule has 0 aromatic carbocycles. The van der Waals surface area contributed by atoms with Gasteiger partial charge in [0, 0.05) is 0 Å². The second-order valence-corrected chi connectivity index (χ2v) is 10.7. The van der Waals surface area contributed by atoms with Crippen LogP contribution in [0.5, 0.6) is 0 Å². The summed E-state index contributed by atoms with van der Waals surface area (Å²) in [7, 11) is 4.99. The maximum atomic E-state index is 5.61. The van der Waals surface area contributed by atoms with Crippen LogP contribution >= 0.6 is 0 Å². The van der Waals surface area contributed by atoms with Crippen molar-refractivity contribution >= 4 is 0 Å². The summed E-state index contributed by atoms with van der Waals surface area (Å²) >= 11 is -3.78. The van der Waals surface area contributed by atoms with E-state index < -0.39 is 16.7 Å². The summed E-state index contributed by atoms with van der Waals surface area (Å²) in [6.07, 6.45) is 0. The zero-order chi connectivity index (χ0) is 11.3. The predicted molar refractivity (Wildman–Crippen MR) is 54.3 cm³/mol. The summed E-state index contributed by atoms with van der Waals surface area (Å²) in [5.74, 6) is 0.478. The Hall–Kier alpha value is 0.554. The molecule has 0 heterocycles. The van der Waals surface area contributed by atoms with E-state index in [1.165, 1.54) is 0 Å². The van der Waals surface area contributed by atoms with Crippen molar-refractivity contribution in [2.24, 2.45) is 5.92 Å². The average molecular weight is 242 g/mol. The van der Waals surface area contributed by atoms with Gasteiger partial charge in [-0.05, 0) is 0 Å². The van der Waals surface area contributed by atoms with E-state index in [0.29, 0.717) is 5.92 Å². The molecule has 0 bridgehead atoms. The average Bonchev–Trinajstić information content (AvgIpc) is 2.17. The van der Waals surface area contributed by atoms with Crippen LogP contribution in [-0.2, 0) is 26.7 Å². The molecule has 0 aliphatic carbocycles. The van der Waals surface area contributed by atoms with Gasteiger partial charge in [-0.15, -0.1) is 0 Å². The Labute approximate surface area is 89.9 Å². The van der Waals surface area contributed by atoms with E-state index in [1.807, 2.05) is 6.92 Å². The summed E-state index contributed by atoms with van der Waals surface area (Å²) in [4.78, 5) is 0. The molecule has 0 aliphatic heterocycles. The Bertz CT molecular complexity index is 160. The van der Waals surface area contributed by atoms with Crippen molar-refractivity contribution in [1.29, 1.82) is 0 Å². The number of hydrogen-bond donors (Lipinski definition) is 1. The Kier molecular flexibility index (Phi) is 5.81. The first-order valence-corrected chi connectivity index (χ1v) is 8.86. The summed E-state index contributed by atoms with van der Waals surface area (Å²) in [6, 6.07) is 0. The zero-order valence-corrected chi connectivity index (χ0v) is 11.8. The van der Waals surface area contributed by atoms with Gasteiger partial charge >= 0.3 is 89.8 Å². The monoisotopic (exact) mass is 242 g/mol. The first-order chi connectivity index (χ1) is 6.47. The van der Waals surface area contributed by atoms with Crippen LogP contribution in [0.1, 0.15) is 20.8 Å². The van der Waals surface area contributed by atoms with E-state index in [-0.39, 0.29) is 0 Å². The molecule has 0 radical (unpaired) electrons. The first-order valence-electron chi connectivity index (χ1n) is 5.06. The van der Waals surface area contributed by atoms with E-state index >= 15 is 0 Å². The summed E-state index contributed by atoms with van der Waals surface area (Å²) in [5, 5.41) is 0. The summed E-state index contributed by atoms with van der Waals surface area (Å²) in [6.45, 7) is 7.09. The van der Waals surface area contributed by atoms with Gasteiger partial charge in [0.1, 0.15) is 0 Å². The molecule has 0 aromatic heterocycles. The molecule has 0 amide bonds. The third kappa shape index (κ3) is 3.02. The normalized spacial score (nSPS) is 15.5. The molecule has 0 aromatic rings. The molecule has 0 atom stereocenters. The van der Waals surface area contributed by atoms with Crippen LogP contribution in [0.15, 0.2) is 0 Å². The van der Waals surface area contributed by atoms with Crippen molar-refractivity contribution in [2.75, 3.05) is 27.9 Å². The molecule has 0 aliphatic rings. The first kappa shape index (κ1) is 14.6. The summed E-state index contributed by atoms with van der Waals surface area (Å²) in [5.41, 5.74) is 0. The molecular weight excluding hydrogens is 218 g/mol. The van der Waals surface area contributed by atoms with Gasteiger partial charge in [0.25, 0.3) is 0 Å². The van der Waals surface area contributed by atoms with Gasteiger partial charge in [-0.3, -0.25) is 0 Å². The van der Waals surface area contributed by atoms with Crippen LogP contribution in [0, 0.1) is 5.92 Å². The van der Waals surface area contributed by atoms with E-state index in [4.69, 9.17) is 9.96 Å². The number of nitrogens with one attached hydrogen (secondary N) is 1. The number of rotatable bonds is 7. The van der Waals surface area contributed by atoms with Gasteiger partial charge in [0.2, 0.25) is 0 Å². The Morgan fingerprint density at radius 3 is 1.71 bits per heavy atom. The fourth-order valence-corrected chi connectivity index (χ4v) is 7.56. The maximum absolute atomic E-state index is 5.61. The van der Waals surface area contributed by atoms with Crippen molar-refractivity contribution in [3.05, 3.63) is 0 Å². The Morgan fingerprint density at radius 1 is 1.07 bits per heavy atom. The third-order valence-electron chi connectivity index (χ3n) is 2.52. The van der Waals surface area contributed by atoms with Crippen LogP contribution in [0.4, 0.5) is 0 Å². The van der Waals surface area contributed by atoms with Crippen LogP contribution in [0.3, 0.4) is 0 Å². The molecule has 0 fully saturated rings. The molecule has 0 saturated carbocycles.